The van der Waals surface area contributed by atoms with Gasteiger partial charge in [-0.15, -0.1) is 0 Å². The first-order chi connectivity index (χ1) is 8.15. The number of esters is 1. The van der Waals surface area contributed by atoms with E-state index in [2.05, 4.69) is 25.7 Å². The quantitative estimate of drug-likeness (QED) is 0.472. The fourth-order valence-electron chi connectivity index (χ4n) is 1.72. The Kier molecular flexibility index (Phi) is 9.83. The van der Waals surface area contributed by atoms with Crippen molar-refractivity contribution in [1.29, 1.82) is 0 Å². The molecule has 1 atom stereocenters. The number of nitrogens with one attached hydrogen (secondary N) is 1. The Bertz CT molecular complexity index is 226. The van der Waals surface area contributed by atoms with Gasteiger partial charge in [0.2, 0.25) is 0 Å². The summed E-state index contributed by atoms with van der Waals surface area (Å²) < 4.78 is 4.90. The van der Waals surface area contributed by atoms with E-state index in [1.54, 1.807) is 6.92 Å². The molecule has 0 amide bonds. The van der Waals surface area contributed by atoms with Gasteiger partial charge in [-0.05, 0) is 19.8 Å². The Morgan fingerprint density at radius 3 is 2.47 bits per heavy atom. The van der Waals surface area contributed by atoms with E-state index in [1.165, 1.54) is 19.3 Å². The third-order valence-corrected chi connectivity index (χ3v) is 2.71. The third kappa shape index (κ3) is 7.97. The molecule has 0 radical (unpaired) electrons. The summed E-state index contributed by atoms with van der Waals surface area (Å²) in [6.45, 7) is 10.9. The molecular weight excluding hydrogens is 214 g/mol. The smallest absolute Gasteiger partial charge is 0.334 e. The van der Waals surface area contributed by atoms with Crippen LogP contribution in [0, 0.1) is 0 Å². The van der Waals surface area contributed by atoms with E-state index in [9.17, 15) is 4.79 Å². The molecule has 0 aliphatic heterocycles. The lowest BCUT2D eigenvalue weighted by Crippen LogP contribution is -2.32. The zero-order valence-electron chi connectivity index (χ0n) is 11.6. The molecule has 0 aromatic carbocycles. The predicted octanol–water partition coefficient (Wildman–Crippen LogP) is 3.05. The standard InChI is InChI=1S/C14H27NO2/c1-5-8-10-13(9-6-2)15-11-12(4)14(16)17-7-3/h13,15H,4-11H2,1-3H3. The van der Waals surface area contributed by atoms with Crippen LogP contribution in [0.25, 0.3) is 0 Å². The van der Waals surface area contributed by atoms with Gasteiger partial charge in [0.15, 0.2) is 0 Å². The molecule has 0 bridgehead atoms. The maximum absolute atomic E-state index is 11.4. The number of carbonyl (C=O) groups is 1. The van der Waals surface area contributed by atoms with E-state index in [0.29, 0.717) is 24.8 Å². The lowest BCUT2D eigenvalue weighted by atomic mass is 10.0. The van der Waals surface area contributed by atoms with Crippen LogP contribution in [0.3, 0.4) is 0 Å². The molecule has 0 aromatic rings. The van der Waals surface area contributed by atoms with Crippen LogP contribution in [0.2, 0.25) is 0 Å². The van der Waals surface area contributed by atoms with Gasteiger partial charge in [0.05, 0.1) is 6.61 Å². The molecule has 3 heteroatoms. The second kappa shape index (κ2) is 10.3. The largest absolute Gasteiger partial charge is 0.463 e. The van der Waals surface area contributed by atoms with E-state index < -0.39 is 0 Å². The van der Waals surface area contributed by atoms with Crippen molar-refractivity contribution in [1.82, 2.24) is 5.32 Å². The molecule has 0 fully saturated rings. The number of ether oxygens (including phenoxy) is 1. The van der Waals surface area contributed by atoms with Crippen molar-refractivity contribution >= 4 is 5.97 Å². The van der Waals surface area contributed by atoms with Gasteiger partial charge in [-0.2, -0.15) is 0 Å². The summed E-state index contributed by atoms with van der Waals surface area (Å²) in [7, 11) is 0. The highest BCUT2D eigenvalue weighted by Gasteiger charge is 2.11. The van der Waals surface area contributed by atoms with Gasteiger partial charge < -0.3 is 10.1 Å². The molecule has 0 aromatic heterocycles. The van der Waals surface area contributed by atoms with Crippen LogP contribution in [0.15, 0.2) is 12.2 Å². The van der Waals surface area contributed by atoms with Crippen molar-refractivity contribution in [2.75, 3.05) is 13.2 Å². The second-order valence-corrected chi connectivity index (χ2v) is 4.33. The minimum absolute atomic E-state index is 0.286. The van der Waals surface area contributed by atoms with Crippen LogP contribution in [0.4, 0.5) is 0 Å². The van der Waals surface area contributed by atoms with Crippen LogP contribution in [0.1, 0.15) is 52.9 Å². The molecule has 3 nitrogen and oxygen atoms in total. The highest BCUT2D eigenvalue weighted by molar-refractivity contribution is 5.88. The normalized spacial score (nSPS) is 12.2. The summed E-state index contributed by atoms with van der Waals surface area (Å²) in [5, 5.41) is 3.39. The summed E-state index contributed by atoms with van der Waals surface area (Å²) in [4.78, 5) is 11.4. The first kappa shape index (κ1) is 16.2. The van der Waals surface area contributed by atoms with Crippen molar-refractivity contribution in [3.63, 3.8) is 0 Å². The number of hydrogen-bond donors (Lipinski definition) is 1. The van der Waals surface area contributed by atoms with Crippen molar-refractivity contribution in [2.45, 2.75) is 58.9 Å². The minimum Gasteiger partial charge on any atom is -0.463 e. The minimum atomic E-state index is -0.286. The molecule has 0 rings (SSSR count). The Morgan fingerprint density at radius 2 is 1.94 bits per heavy atom. The Morgan fingerprint density at radius 1 is 1.24 bits per heavy atom. The molecule has 1 N–H and O–H groups in total. The van der Waals surface area contributed by atoms with Crippen molar-refractivity contribution in [3.05, 3.63) is 12.2 Å². The van der Waals surface area contributed by atoms with Gasteiger partial charge >= 0.3 is 5.97 Å². The van der Waals surface area contributed by atoms with Crippen LogP contribution >= 0.6 is 0 Å². The maximum Gasteiger partial charge on any atom is 0.334 e. The van der Waals surface area contributed by atoms with E-state index in [4.69, 9.17) is 4.74 Å². The molecule has 0 spiro atoms. The van der Waals surface area contributed by atoms with Gasteiger partial charge in [-0.25, -0.2) is 4.79 Å². The van der Waals surface area contributed by atoms with E-state index in [1.807, 2.05) is 0 Å². The molecule has 0 aliphatic carbocycles. The zero-order chi connectivity index (χ0) is 13.1. The van der Waals surface area contributed by atoms with Crippen LogP contribution in [0.5, 0.6) is 0 Å². The van der Waals surface area contributed by atoms with Crippen LogP contribution in [-0.4, -0.2) is 25.2 Å². The lowest BCUT2D eigenvalue weighted by Gasteiger charge is -2.18. The van der Waals surface area contributed by atoms with E-state index in [0.717, 1.165) is 12.8 Å². The topological polar surface area (TPSA) is 38.3 Å². The van der Waals surface area contributed by atoms with Gasteiger partial charge in [-0.3, -0.25) is 0 Å². The zero-order valence-corrected chi connectivity index (χ0v) is 11.6. The van der Waals surface area contributed by atoms with Gasteiger partial charge in [-0.1, -0.05) is 39.7 Å². The molecule has 0 aliphatic rings. The number of rotatable bonds is 10. The average Bonchev–Trinajstić information content (AvgIpc) is 2.32. The number of unbranched alkanes of at least 4 members (excludes halogenated alkanes) is 1. The molecule has 0 saturated heterocycles. The fourth-order valence-corrected chi connectivity index (χ4v) is 1.72. The summed E-state index contributed by atoms with van der Waals surface area (Å²) in [6, 6.07) is 0.492. The van der Waals surface area contributed by atoms with Gasteiger partial charge in [0.25, 0.3) is 0 Å². The number of carbonyl (C=O) groups excluding carboxylic acids is 1. The first-order valence-corrected chi connectivity index (χ1v) is 6.73. The molecule has 17 heavy (non-hydrogen) atoms. The first-order valence-electron chi connectivity index (χ1n) is 6.73. The summed E-state index contributed by atoms with van der Waals surface area (Å²) in [5.74, 6) is -0.286. The van der Waals surface area contributed by atoms with Crippen molar-refractivity contribution in [3.8, 4) is 0 Å². The van der Waals surface area contributed by atoms with Crippen molar-refractivity contribution in [2.24, 2.45) is 0 Å². The van der Waals surface area contributed by atoms with E-state index in [-0.39, 0.29) is 5.97 Å². The second-order valence-electron chi connectivity index (χ2n) is 4.33. The highest BCUT2D eigenvalue weighted by atomic mass is 16.5. The van der Waals surface area contributed by atoms with Gasteiger partial charge in [0.1, 0.15) is 0 Å². The predicted molar refractivity (Wildman–Crippen MR) is 72.0 cm³/mol. The molecule has 0 heterocycles. The van der Waals surface area contributed by atoms with Crippen LogP contribution < -0.4 is 5.32 Å². The molecule has 100 valence electrons. The molecular formula is C14H27NO2. The van der Waals surface area contributed by atoms with Crippen LogP contribution in [-0.2, 0) is 9.53 Å². The Hall–Kier alpha value is -0.830. The Labute approximate surface area is 106 Å². The number of hydrogen-bond acceptors (Lipinski definition) is 3. The summed E-state index contributed by atoms with van der Waals surface area (Å²) in [6.07, 6.45) is 5.91. The molecule has 1 unspecified atom stereocenters. The van der Waals surface area contributed by atoms with E-state index >= 15 is 0 Å². The maximum atomic E-state index is 11.4. The Balaban J connectivity index is 3.93. The lowest BCUT2D eigenvalue weighted by molar-refractivity contribution is -0.138. The molecule has 0 saturated carbocycles. The third-order valence-electron chi connectivity index (χ3n) is 2.71. The van der Waals surface area contributed by atoms with Gasteiger partial charge in [0, 0.05) is 18.2 Å². The fraction of sp³-hybridized carbons (Fsp3) is 0.786. The summed E-state index contributed by atoms with van der Waals surface area (Å²) in [5.41, 5.74) is 0.518. The SMILES string of the molecule is C=C(CNC(CCC)CCCC)C(=O)OCC. The summed E-state index contributed by atoms with van der Waals surface area (Å²) >= 11 is 0. The average molecular weight is 241 g/mol. The van der Waals surface area contributed by atoms with Crippen molar-refractivity contribution < 1.29 is 9.53 Å². The highest BCUT2D eigenvalue weighted by Crippen LogP contribution is 2.07. The monoisotopic (exact) mass is 241 g/mol.